The summed E-state index contributed by atoms with van der Waals surface area (Å²) in [6.07, 6.45) is -2.54. The lowest BCUT2D eigenvalue weighted by Crippen LogP contribution is -2.37. The van der Waals surface area contributed by atoms with E-state index in [1.54, 1.807) is 0 Å². The highest BCUT2D eigenvalue weighted by Crippen LogP contribution is 2.29. The van der Waals surface area contributed by atoms with E-state index < -0.39 is 11.7 Å². The molecule has 22 heavy (non-hydrogen) atoms. The monoisotopic (exact) mass is 314 g/mol. The van der Waals surface area contributed by atoms with Crippen molar-refractivity contribution in [3.63, 3.8) is 0 Å². The third-order valence-electron chi connectivity index (χ3n) is 3.16. The first kappa shape index (κ1) is 18.4. The Labute approximate surface area is 129 Å². The van der Waals surface area contributed by atoms with Gasteiger partial charge in [0, 0.05) is 12.0 Å². The summed E-state index contributed by atoms with van der Waals surface area (Å²) in [4.78, 5) is 4.45. The standard InChI is InChI=1S/C14H17F3N3.C2H6/c1-4-5-12-18-13(19-20(12,2)3)10-6-8-11(9-7-10)14(15,16)17;1-2/h6-9H,4-5H2,1-3H3;1-2H3/q+1;. The molecule has 0 radical (unpaired) electrons. The number of quaternary nitrogens is 1. The molecule has 1 aliphatic heterocycles. The van der Waals surface area contributed by atoms with Crippen LogP contribution in [0.5, 0.6) is 0 Å². The molecule has 3 nitrogen and oxygen atoms in total. The second-order valence-electron chi connectivity index (χ2n) is 5.17. The van der Waals surface area contributed by atoms with Crippen molar-refractivity contribution in [3.05, 3.63) is 35.4 Å². The third-order valence-corrected chi connectivity index (χ3v) is 3.16. The summed E-state index contributed by atoms with van der Waals surface area (Å²) in [6, 6.07) is 4.95. The maximum absolute atomic E-state index is 12.5. The average Bonchev–Trinajstić information content (AvgIpc) is 2.76. The minimum Gasteiger partial charge on any atom is -0.172 e. The highest BCUT2D eigenvalue weighted by atomic mass is 19.4. The first-order valence-electron chi connectivity index (χ1n) is 7.44. The number of nitrogens with zero attached hydrogens (tertiary/aromatic N) is 3. The molecular formula is C16H23F3N3+. The van der Waals surface area contributed by atoms with E-state index in [0.717, 1.165) is 30.8 Å². The van der Waals surface area contributed by atoms with Crippen molar-refractivity contribution in [2.75, 3.05) is 14.1 Å². The summed E-state index contributed by atoms with van der Waals surface area (Å²) in [5.41, 5.74) is -0.0540. The molecule has 1 aromatic carbocycles. The maximum Gasteiger partial charge on any atom is 0.416 e. The zero-order valence-corrected chi connectivity index (χ0v) is 13.7. The van der Waals surface area contributed by atoms with E-state index in [9.17, 15) is 13.2 Å². The van der Waals surface area contributed by atoms with Gasteiger partial charge in [0.05, 0.1) is 19.7 Å². The van der Waals surface area contributed by atoms with Gasteiger partial charge in [0.15, 0.2) is 0 Å². The quantitative estimate of drug-likeness (QED) is 0.724. The minimum absolute atomic E-state index is 0.310. The summed E-state index contributed by atoms with van der Waals surface area (Å²) in [6.45, 7) is 6.05. The molecule has 0 saturated carbocycles. The van der Waals surface area contributed by atoms with Gasteiger partial charge in [-0.1, -0.05) is 38.0 Å². The summed E-state index contributed by atoms with van der Waals surface area (Å²) in [7, 11) is 3.82. The number of halogens is 3. The van der Waals surface area contributed by atoms with Crippen molar-refractivity contribution in [1.29, 1.82) is 0 Å². The largest absolute Gasteiger partial charge is 0.416 e. The predicted molar refractivity (Wildman–Crippen MR) is 83.8 cm³/mol. The summed E-state index contributed by atoms with van der Waals surface area (Å²) < 4.78 is 37.9. The van der Waals surface area contributed by atoms with E-state index >= 15 is 0 Å². The Kier molecular flexibility index (Phi) is 5.88. The maximum atomic E-state index is 12.5. The number of benzene rings is 1. The first-order valence-corrected chi connectivity index (χ1v) is 7.44. The van der Waals surface area contributed by atoms with Gasteiger partial charge in [-0.2, -0.15) is 22.8 Å². The Balaban J connectivity index is 0.00000116. The van der Waals surface area contributed by atoms with Crippen LogP contribution in [0.1, 0.15) is 44.7 Å². The molecule has 1 heterocycles. The Morgan fingerprint density at radius 3 is 2.05 bits per heavy atom. The van der Waals surface area contributed by atoms with Crippen molar-refractivity contribution < 1.29 is 17.8 Å². The molecule has 0 fully saturated rings. The predicted octanol–water partition coefficient (Wildman–Crippen LogP) is 4.68. The molecule has 0 aromatic heterocycles. The van der Waals surface area contributed by atoms with Gasteiger partial charge in [-0.15, -0.1) is 0 Å². The molecule has 0 N–H and O–H groups in total. The van der Waals surface area contributed by atoms with Crippen molar-refractivity contribution in [2.45, 2.75) is 39.8 Å². The third kappa shape index (κ3) is 4.16. The second-order valence-corrected chi connectivity index (χ2v) is 5.17. The smallest absolute Gasteiger partial charge is 0.172 e. The lowest BCUT2D eigenvalue weighted by molar-refractivity contribution is -0.804. The van der Waals surface area contributed by atoms with E-state index in [2.05, 4.69) is 17.0 Å². The van der Waals surface area contributed by atoms with E-state index in [4.69, 9.17) is 0 Å². The normalized spacial score (nSPS) is 16.5. The van der Waals surface area contributed by atoms with Gasteiger partial charge in [-0.3, -0.25) is 0 Å². The zero-order chi connectivity index (χ0) is 17.0. The van der Waals surface area contributed by atoms with E-state index in [0.29, 0.717) is 16.0 Å². The van der Waals surface area contributed by atoms with Gasteiger partial charge >= 0.3 is 6.18 Å². The Morgan fingerprint density at radius 1 is 1.05 bits per heavy atom. The zero-order valence-electron chi connectivity index (χ0n) is 13.7. The molecule has 0 saturated heterocycles. The molecule has 0 amide bonds. The molecule has 0 bridgehead atoms. The summed E-state index contributed by atoms with van der Waals surface area (Å²) in [5.74, 6) is 1.41. The van der Waals surface area contributed by atoms with Gasteiger partial charge in [-0.05, 0) is 18.6 Å². The number of aliphatic imine (C=N–C) groups is 1. The van der Waals surface area contributed by atoms with Gasteiger partial charge < -0.3 is 0 Å². The van der Waals surface area contributed by atoms with Gasteiger partial charge in [0.2, 0.25) is 11.7 Å². The molecule has 0 unspecified atom stereocenters. The van der Waals surface area contributed by atoms with Crippen LogP contribution in [0.3, 0.4) is 0 Å². The Hall–Kier alpha value is -1.69. The van der Waals surface area contributed by atoms with Crippen LogP contribution in [0.4, 0.5) is 13.2 Å². The van der Waals surface area contributed by atoms with E-state index in [1.807, 2.05) is 27.9 Å². The molecule has 0 spiro atoms. The first-order chi connectivity index (χ1) is 10.2. The number of amidine groups is 2. The number of hydrogen-bond donors (Lipinski definition) is 0. The lowest BCUT2D eigenvalue weighted by atomic mass is 10.1. The fourth-order valence-electron chi connectivity index (χ4n) is 2.05. The van der Waals surface area contributed by atoms with Crippen LogP contribution in [-0.2, 0) is 6.18 Å². The van der Waals surface area contributed by atoms with Crippen LogP contribution in [0.25, 0.3) is 0 Å². The molecule has 2 rings (SSSR count). The Morgan fingerprint density at radius 2 is 1.59 bits per heavy atom. The highest BCUT2D eigenvalue weighted by molar-refractivity contribution is 6.07. The van der Waals surface area contributed by atoms with Gasteiger partial charge in [0.1, 0.15) is 0 Å². The lowest BCUT2D eigenvalue weighted by Gasteiger charge is -2.17. The molecular weight excluding hydrogens is 291 g/mol. The summed E-state index contributed by atoms with van der Waals surface area (Å²) >= 11 is 0. The fraction of sp³-hybridized carbons (Fsp3) is 0.500. The number of hydrogen-bond acceptors (Lipinski definition) is 2. The van der Waals surface area contributed by atoms with Gasteiger partial charge in [-0.25, -0.2) is 0 Å². The molecule has 0 aliphatic carbocycles. The second kappa shape index (κ2) is 7.05. The van der Waals surface area contributed by atoms with Crippen molar-refractivity contribution >= 4 is 11.7 Å². The van der Waals surface area contributed by atoms with Crippen LogP contribution in [-0.4, -0.2) is 30.4 Å². The number of alkyl halides is 3. The number of rotatable bonds is 3. The molecule has 0 atom stereocenters. The van der Waals surface area contributed by atoms with Crippen LogP contribution in [0.2, 0.25) is 0 Å². The minimum atomic E-state index is -4.32. The van der Waals surface area contributed by atoms with Crippen LogP contribution in [0, 0.1) is 0 Å². The van der Waals surface area contributed by atoms with Crippen LogP contribution >= 0.6 is 0 Å². The topological polar surface area (TPSA) is 24.7 Å². The van der Waals surface area contributed by atoms with Crippen molar-refractivity contribution in [1.82, 2.24) is 0 Å². The van der Waals surface area contributed by atoms with Crippen LogP contribution in [0.15, 0.2) is 34.4 Å². The van der Waals surface area contributed by atoms with Crippen molar-refractivity contribution in [2.24, 2.45) is 10.1 Å². The highest BCUT2D eigenvalue weighted by Gasteiger charge is 2.33. The molecule has 6 heteroatoms. The van der Waals surface area contributed by atoms with Gasteiger partial charge in [0.25, 0.3) is 0 Å². The molecule has 122 valence electrons. The van der Waals surface area contributed by atoms with Crippen molar-refractivity contribution in [3.8, 4) is 0 Å². The summed E-state index contributed by atoms with van der Waals surface area (Å²) in [5, 5.41) is 4.45. The SMILES string of the molecule is CC.CCCC1=NC(c2ccc(C(F)(F)F)cc2)=N[N+]1(C)C. The Bertz CT molecular complexity index is 555. The van der Waals surface area contributed by atoms with Crippen LogP contribution < -0.4 is 0 Å². The average molecular weight is 314 g/mol. The molecule has 1 aromatic rings. The fourth-order valence-corrected chi connectivity index (χ4v) is 2.05. The molecule has 1 aliphatic rings. The van der Waals surface area contributed by atoms with E-state index in [-0.39, 0.29) is 0 Å². The van der Waals surface area contributed by atoms with E-state index in [1.165, 1.54) is 12.1 Å².